The molecule has 0 heterocycles. The third-order valence-electron chi connectivity index (χ3n) is 4.13. The van der Waals surface area contributed by atoms with E-state index in [1.165, 1.54) is 48.5 Å². The van der Waals surface area contributed by atoms with E-state index in [4.69, 9.17) is 11.6 Å². The summed E-state index contributed by atoms with van der Waals surface area (Å²) >= 11 is 5.82. The maximum absolute atomic E-state index is 13.1. The molecule has 29 heavy (non-hydrogen) atoms. The van der Waals surface area contributed by atoms with Gasteiger partial charge in [-0.25, -0.2) is 12.8 Å². The molecule has 0 bridgehead atoms. The van der Waals surface area contributed by atoms with E-state index in [1.807, 2.05) is 6.07 Å². The van der Waals surface area contributed by atoms with E-state index in [9.17, 15) is 17.6 Å². The minimum Gasteiger partial charge on any atom is -0.325 e. The van der Waals surface area contributed by atoms with Gasteiger partial charge in [0.05, 0.1) is 4.90 Å². The van der Waals surface area contributed by atoms with Gasteiger partial charge in [-0.15, -0.1) is 0 Å². The monoisotopic (exact) mass is 432 g/mol. The van der Waals surface area contributed by atoms with Gasteiger partial charge < -0.3 is 5.32 Å². The van der Waals surface area contributed by atoms with E-state index in [2.05, 4.69) is 10.0 Å². The second kappa shape index (κ2) is 9.17. The molecule has 1 atom stereocenters. The number of hydrogen-bond donors (Lipinski definition) is 2. The van der Waals surface area contributed by atoms with Gasteiger partial charge in [0, 0.05) is 10.7 Å². The van der Waals surface area contributed by atoms with Crippen LogP contribution in [0.5, 0.6) is 0 Å². The number of benzene rings is 3. The Labute approximate surface area is 173 Å². The van der Waals surface area contributed by atoms with Crippen molar-refractivity contribution >= 4 is 33.2 Å². The maximum Gasteiger partial charge on any atom is 0.242 e. The summed E-state index contributed by atoms with van der Waals surface area (Å²) in [5.74, 6) is -0.995. The van der Waals surface area contributed by atoms with Crippen LogP contribution in [0.25, 0.3) is 0 Å². The zero-order valence-electron chi connectivity index (χ0n) is 15.2. The van der Waals surface area contributed by atoms with E-state index in [1.54, 1.807) is 24.3 Å². The molecule has 0 fully saturated rings. The zero-order chi connectivity index (χ0) is 20.9. The Bertz CT molecular complexity index is 1070. The number of nitrogens with one attached hydrogen (secondary N) is 2. The Morgan fingerprint density at radius 3 is 2.17 bits per heavy atom. The van der Waals surface area contributed by atoms with E-state index in [-0.39, 0.29) is 11.3 Å². The fourth-order valence-corrected chi connectivity index (χ4v) is 3.99. The molecular weight excluding hydrogens is 415 g/mol. The van der Waals surface area contributed by atoms with E-state index >= 15 is 0 Å². The highest BCUT2D eigenvalue weighted by Gasteiger charge is 2.26. The summed E-state index contributed by atoms with van der Waals surface area (Å²) in [6.45, 7) is 0. The standard InChI is InChI=1S/C21H18ClFN2O3S/c22-16-6-12-19(13-7-16)29(27,28)25-20(14-15-4-2-1-3-5-15)21(26)24-18-10-8-17(23)9-11-18/h1-13,20,25H,14H2,(H,24,26). The van der Waals surface area contributed by atoms with Gasteiger partial charge in [-0.05, 0) is 60.5 Å². The third kappa shape index (κ3) is 5.87. The van der Waals surface area contributed by atoms with Crippen LogP contribution in [-0.2, 0) is 21.2 Å². The second-order valence-corrected chi connectivity index (χ2v) is 8.46. The first-order chi connectivity index (χ1) is 13.8. The molecular formula is C21H18ClFN2O3S. The Balaban J connectivity index is 1.84. The van der Waals surface area contributed by atoms with Crippen LogP contribution in [-0.4, -0.2) is 20.4 Å². The number of rotatable bonds is 7. The number of hydrogen-bond acceptors (Lipinski definition) is 3. The molecule has 0 saturated heterocycles. The lowest BCUT2D eigenvalue weighted by Gasteiger charge is -2.19. The van der Waals surface area contributed by atoms with Crippen molar-refractivity contribution in [2.75, 3.05) is 5.32 Å². The zero-order valence-corrected chi connectivity index (χ0v) is 16.8. The van der Waals surface area contributed by atoms with Crippen LogP contribution in [0.1, 0.15) is 5.56 Å². The fraction of sp³-hybridized carbons (Fsp3) is 0.0952. The third-order valence-corrected chi connectivity index (χ3v) is 5.87. The smallest absolute Gasteiger partial charge is 0.242 e. The van der Waals surface area contributed by atoms with E-state index < -0.39 is 27.8 Å². The van der Waals surface area contributed by atoms with Gasteiger partial charge in [-0.3, -0.25) is 4.79 Å². The molecule has 1 amide bonds. The van der Waals surface area contributed by atoms with E-state index in [0.717, 1.165) is 5.56 Å². The van der Waals surface area contributed by atoms with Crippen LogP contribution in [0, 0.1) is 5.82 Å². The molecule has 0 aromatic heterocycles. The SMILES string of the molecule is O=C(Nc1ccc(F)cc1)C(Cc1ccccc1)NS(=O)(=O)c1ccc(Cl)cc1. The first-order valence-corrected chi connectivity index (χ1v) is 10.6. The molecule has 0 spiro atoms. The lowest BCUT2D eigenvalue weighted by molar-refractivity contribution is -0.117. The normalized spacial score (nSPS) is 12.3. The highest BCUT2D eigenvalue weighted by molar-refractivity contribution is 7.89. The lowest BCUT2D eigenvalue weighted by Crippen LogP contribution is -2.45. The second-order valence-electron chi connectivity index (χ2n) is 6.31. The fourth-order valence-electron chi connectivity index (χ4n) is 2.67. The van der Waals surface area contributed by atoms with E-state index in [0.29, 0.717) is 10.7 Å². The predicted octanol–water partition coefficient (Wildman–Crippen LogP) is 4.01. The lowest BCUT2D eigenvalue weighted by atomic mass is 10.1. The summed E-state index contributed by atoms with van der Waals surface area (Å²) in [6.07, 6.45) is 0.140. The van der Waals surface area contributed by atoms with Gasteiger partial charge >= 0.3 is 0 Å². The first kappa shape index (κ1) is 21.0. The number of carbonyl (C=O) groups excluding carboxylic acids is 1. The molecule has 2 N–H and O–H groups in total. The molecule has 0 aliphatic carbocycles. The van der Waals surface area contributed by atoms with Crippen molar-refractivity contribution in [2.45, 2.75) is 17.4 Å². The topological polar surface area (TPSA) is 75.3 Å². The molecule has 3 rings (SSSR count). The molecule has 0 radical (unpaired) electrons. The molecule has 8 heteroatoms. The summed E-state index contributed by atoms with van der Waals surface area (Å²) in [5.41, 5.74) is 1.14. The van der Waals surface area contributed by atoms with Crippen molar-refractivity contribution < 1.29 is 17.6 Å². The molecule has 3 aromatic rings. The van der Waals surface area contributed by atoms with Crippen molar-refractivity contribution in [1.29, 1.82) is 0 Å². The minimum atomic E-state index is -3.97. The van der Waals surface area contributed by atoms with Crippen molar-refractivity contribution in [3.63, 3.8) is 0 Å². The van der Waals surface area contributed by atoms with Crippen LogP contribution < -0.4 is 10.0 Å². The predicted molar refractivity (Wildman–Crippen MR) is 111 cm³/mol. The largest absolute Gasteiger partial charge is 0.325 e. The molecule has 5 nitrogen and oxygen atoms in total. The number of sulfonamides is 1. The number of carbonyl (C=O) groups is 1. The average Bonchev–Trinajstić information content (AvgIpc) is 2.70. The highest BCUT2D eigenvalue weighted by atomic mass is 35.5. The van der Waals surface area contributed by atoms with Crippen molar-refractivity contribution in [3.05, 3.63) is 95.3 Å². The van der Waals surface area contributed by atoms with Crippen molar-refractivity contribution in [1.82, 2.24) is 4.72 Å². The van der Waals surface area contributed by atoms with Gasteiger partial charge in [0.15, 0.2) is 0 Å². The Hall–Kier alpha value is -2.74. The molecule has 0 aliphatic heterocycles. The van der Waals surface area contributed by atoms with Crippen LogP contribution in [0.4, 0.5) is 10.1 Å². The highest BCUT2D eigenvalue weighted by Crippen LogP contribution is 2.16. The van der Waals surface area contributed by atoms with Gasteiger partial charge in [0.1, 0.15) is 11.9 Å². The van der Waals surface area contributed by atoms with Crippen LogP contribution in [0.2, 0.25) is 5.02 Å². The summed E-state index contributed by atoms with van der Waals surface area (Å²) in [4.78, 5) is 12.8. The molecule has 0 saturated carbocycles. The molecule has 150 valence electrons. The summed E-state index contributed by atoms with van der Waals surface area (Å²) < 4.78 is 41.1. The minimum absolute atomic E-state index is 0.00505. The Morgan fingerprint density at radius 2 is 1.55 bits per heavy atom. The van der Waals surface area contributed by atoms with Crippen LogP contribution in [0.3, 0.4) is 0 Å². The number of amides is 1. The Kier molecular flexibility index (Phi) is 6.64. The molecule has 0 aliphatic rings. The summed E-state index contributed by atoms with van der Waals surface area (Å²) in [5, 5.41) is 3.02. The average molecular weight is 433 g/mol. The van der Waals surface area contributed by atoms with Crippen LogP contribution >= 0.6 is 11.6 Å². The van der Waals surface area contributed by atoms with Crippen molar-refractivity contribution in [3.8, 4) is 0 Å². The molecule has 1 unspecified atom stereocenters. The summed E-state index contributed by atoms with van der Waals surface area (Å²) in [7, 11) is -3.97. The van der Waals surface area contributed by atoms with Crippen molar-refractivity contribution in [2.24, 2.45) is 0 Å². The molecule has 3 aromatic carbocycles. The quantitative estimate of drug-likeness (QED) is 0.592. The summed E-state index contributed by atoms with van der Waals surface area (Å²) in [6, 6.07) is 18.8. The van der Waals surface area contributed by atoms with Gasteiger partial charge in [-0.1, -0.05) is 41.9 Å². The van der Waals surface area contributed by atoms with Gasteiger partial charge in [0.2, 0.25) is 15.9 Å². The van der Waals surface area contributed by atoms with Crippen LogP contribution in [0.15, 0.2) is 83.8 Å². The first-order valence-electron chi connectivity index (χ1n) is 8.72. The Morgan fingerprint density at radius 1 is 0.931 bits per heavy atom. The van der Waals surface area contributed by atoms with Gasteiger partial charge in [-0.2, -0.15) is 4.72 Å². The number of anilines is 1. The maximum atomic E-state index is 13.1. The number of halogens is 2. The van der Waals surface area contributed by atoms with Gasteiger partial charge in [0.25, 0.3) is 0 Å².